The Morgan fingerprint density at radius 3 is 0.893 bits per heavy atom. The van der Waals surface area contributed by atoms with Crippen LogP contribution in [0.3, 0.4) is 0 Å². The summed E-state index contributed by atoms with van der Waals surface area (Å²) in [5.41, 5.74) is -2.95. The van der Waals surface area contributed by atoms with E-state index in [-0.39, 0.29) is 24.3 Å². The Kier molecular flexibility index (Phi) is 5.95. The van der Waals surface area contributed by atoms with E-state index in [9.17, 15) is 48.7 Å². The summed E-state index contributed by atoms with van der Waals surface area (Å²) in [5.74, 6) is -24.3. The van der Waals surface area contributed by atoms with Crippen molar-refractivity contribution in [1.82, 2.24) is 0 Å². The van der Waals surface area contributed by atoms with Crippen molar-refractivity contribution in [2.24, 2.45) is 0 Å². The standard InChI is InChI=1S/C17H4F10O/c18-8-6(9(19)13(23)16(26)12(8)22)3-1-5(28)2-4-7-10(20)14(24)17(27)15(25)11(7)21/h1-4H/b3-1+,4-2+. The second-order valence-corrected chi connectivity index (χ2v) is 5.04. The first-order valence-corrected chi connectivity index (χ1v) is 6.92. The first-order valence-electron chi connectivity index (χ1n) is 6.92. The van der Waals surface area contributed by atoms with Crippen molar-refractivity contribution in [3.8, 4) is 0 Å². The van der Waals surface area contributed by atoms with Crippen molar-refractivity contribution in [2.75, 3.05) is 0 Å². The van der Waals surface area contributed by atoms with Crippen LogP contribution in [-0.4, -0.2) is 5.78 Å². The van der Waals surface area contributed by atoms with Gasteiger partial charge in [-0.2, -0.15) is 0 Å². The summed E-state index contributed by atoms with van der Waals surface area (Å²) in [6.07, 6.45) is 0.866. The lowest BCUT2D eigenvalue weighted by Crippen LogP contribution is -2.04. The molecule has 2 aromatic rings. The van der Waals surface area contributed by atoms with Crippen molar-refractivity contribution in [2.45, 2.75) is 0 Å². The van der Waals surface area contributed by atoms with Gasteiger partial charge in [0.15, 0.2) is 52.3 Å². The number of rotatable bonds is 4. The third-order valence-corrected chi connectivity index (χ3v) is 3.32. The zero-order valence-corrected chi connectivity index (χ0v) is 13.0. The lowest BCUT2D eigenvalue weighted by molar-refractivity contribution is -0.110. The van der Waals surface area contributed by atoms with Crippen molar-refractivity contribution in [1.29, 1.82) is 0 Å². The Balaban J connectivity index is 2.37. The quantitative estimate of drug-likeness (QED) is 0.285. The molecule has 2 rings (SSSR count). The molecule has 0 atom stereocenters. The monoisotopic (exact) mass is 414 g/mol. The average molecular weight is 414 g/mol. The number of hydrogen-bond donors (Lipinski definition) is 0. The minimum absolute atomic E-state index is 0.182. The van der Waals surface area contributed by atoms with Gasteiger partial charge in [0.25, 0.3) is 0 Å². The van der Waals surface area contributed by atoms with E-state index < -0.39 is 75.1 Å². The second-order valence-electron chi connectivity index (χ2n) is 5.04. The molecule has 0 aromatic heterocycles. The van der Waals surface area contributed by atoms with Crippen molar-refractivity contribution < 1.29 is 48.7 Å². The molecule has 148 valence electrons. The molecule has 28 heavy (non-hydrogen) atoms. The Bertz CT molecular complexity index is 900. The van der Waals surface area contributed by atoms with Crippen molar-refractivity contribution in [3.05, 3.63) is 81.5 Å². The highest BCUT2D eigenvalue weighted by Crippen LogP contribution is 2.25. The Hall–Kier alpha value is -3.11. The SMILES string of the molecule is O=C(/C=C/c1c(F)c(F)c(F)c(F)c1F)/C=C/c1c(F)c(F)c(F)c(F)c1F. The number of benzene rings is 2. The fraction of sp³-hybridized carbons (Fsp3) is 0. The molecular weight excluding hydrogens is 410 g/mol. The van der Waals surface area contributed by atoms with Gasteiger partial charge < -0.3 is 0 Å². The van der Waals surface area contributed by atoms with Crippen LogP contribution in [0.4, 0.5) is 43.9 Å². The number of halogens is 10. The van der Waals surface area contributed by atoms with Gasteiger partial charge in [0.2, 0.25) is 11.6 Å². The molecule has 0 spiro atoms. The summed E-state index contributed by atoms with van der Waals surface area (Å²) in [7, 11) is 0. The minimum Gasteiger partial charge on any atom is -0.290 e. The molecule has 0 heterocycles. The maximum Gasteiger partial charge on any atom is 0.200 e. The highest BCUT2D eigenvalue weighted by atomic mass is 19.2. The molecule has 0 bridgehead atoms. The molecule has 0 unspecified atom stereocenters. The third kappa shape index (κ3) is 3.64. The van der Waals surface area contributed by atoms with E-state index in [4.69, 9.17) is 0 Å². The van der Waals surface area contributed by atoms with Gasteiger partial charge in [-0.15, -0.1) is 0 Å². The lowest BCUT2D eigenvalue weighted by atomic mass is 10.1. The van der Waals surface area contributed by atoms with E-state index in [1.807, 2.05) is 0 Å². The molecule has 1 nitrogen and oxygen atoms in total. The molecule has 0 fully saturated rings. The summed E-state index contributed by atoms with van der Waals surface area (Å²) in [6, 6.07) is 0. The van der Waals surface area contributed by atoms with Gasteiger partial charge in [-0.1, -0.05) is 0 Å². The molecule has 2 aromatic carbocycles. The molecule has 0 saturated carbocycles. The van der Waals surface area contributed by atoms with Gasteiger partial charge in [-0.25, -0.2) is 43.9 Å². The summed E-state index contributed by atoms with van der Waals surface area (Å²) in [6.45, 7) is 0. The van der Waals surface area contributed by atoms with E-state index >= 15 is 0 Å². The van der Waals surface area contributed by atoms with Gasteiger partial charge >= 0.3 is 0 Å². The van der Waals surface area contributed by atoms with Crippen LogP contribution in [0.5, 0.6) is 0 Å². The maximum atomic E-state index is 13.4. The van der Waals surface area contributed by atoms with Crippen LogP contribution >= 0.6 is 0 Å². The highest BCUT2D eigenvalue weighted by Gasteiger charge is 2.25. The lowest BCUT2D eigenvalue weighted by Gasteiger charge is -2.04. The maximum absolute atomic E-state index is 13.4. The second kappa shape index (κ2) is 7.87. The van der Waals surface area contributed by atoms with Gasteiger partial charge in [0.1, 0.15) is 0 Å². The van der Waals surface area contributed by atoms with Gasteiger partial charge in [0.05, 0.1) is 11.1 Å². The van der Waals surface area contributed by atoms with E-state index in [1.165, 1.54) is 0 Å². The van der Waals surface area contributed by atoms with Crippen LogP contribution < -0.4 is 0 Å². The Labute approximate surface area is 149 Å². The predicted molar refractivity (Wildman–Crippen MR) is 75.5 cm³/mol. The number of carbonyl (C=O) groups excluding carboxylic acids is 1. The zero-order valence-electron chi connectivity index (χ0n) is 13.0. The molecule has 0 aliphatic heterocycles. The van der Waals surface area contributed by atoms with E-state index in [1.54, 1.807) is 0 Å². The molecule has 0 amide bonds. The normalized spacial score (nSPS) is 11.8. The summed E-state index contributed by atoms with van der Waals surface area (Å²) >= 11 is 0. The fourth-order valence-corrected chi connectivity index (χ4v) is 1.92. The summed E-state index contributed by atoms with van der Waals surface area (Å²) < 4.78 is 131. The van der Waals surface area contributed by atoms with E-state index in [2.05, 4.69) is 0 Å². The van der Waals surface area contributed by atoms with Gasteiger partial charge in [-0.3, -0.25) is 4.79 Å². The molecule has 11 heteroatoms. The van der Waals surface area contributed by atoms with E-state index in [0.29, 0.717) is 0 Å². The van der Waals surface area contributed by atoms with Crippen LogP contribution in [0.15, 0.2) is 12.2 Å². The third-order valence-electron chi connectivity index (χ3n) is 3.32. The molecule has 0 aliphatic carbocycles. The van der Waals surface area contributed by atoms with Crippen LogP contribution in [0.25, 0.3) is 12.2 Å². The van der Waals surface area contributed by atoms with Crippen LogP contribution in [0.1, 0.15) is 11.1 Å². The predicted octanol–water partition coefficient (Wildman–Crippen LogP) is 5.37. The Morgan fingerprint density at radius 2 is 0.643 bits per heavy atom. The molecule has 0 radical (unpaired) electrons. The highest BCUT2D eigenvalue weighted by molar-refractivity contribution is 6.04. The minimum atomic E-state index is -2.43. The summed E-state index contributed by atoms with van der Waals surface area (Å²) in [5, 5.41) is 0. The number of allylic oxidation sites excluding steroid dienone is 2. The van der Waals surface area contributed by atoms with Crippen LogP contribution in [0.2, 0.25) is 0 Å². The topological polar surface area (TPSA) is 17.1 Å². The fourth-order valence-electron chi connectivity index (χ4n) is 1.92. The zero-order chi connectivity index (χ0) is 21.3. The molecule has 0 aliphatic rings. The first-order chi connectivity index (χ1) is 13.0. The largest absolute Gasteiger partial charge is 0.290 e. The number of hydrogen-bond acceptors (Lipinski definition) is 1. The Morgan fingerprint density at radius 1 is 0.429 bits per heavy atom. The number of ketones is 1. The van der Waals surface area contributed by atoms with E-state index in [0.717, 1.165) is 0 Å². The smallest absolute Gasteiger partial charge is 0.200 e. The summed E-state index contributed by atoms with van der Waals surface area (Å²) in [4.78, 5) is 11.5. The van der Waals surface area contributed by atoms with Gasteiger partial charge in [0, 0.05) is 0 Å². The van der Waals surface area contributed by atoms with Crippen LogP contribution in [-0.2, 0) is 4.79 Å². The molecule has 0 saturated heterocycles. The van der Waals surface area contributed by atoms with Crippen molar-refractivity contribution >= 4 is 17.9 Å². The molecule has 0 N–H and O–H groups in total. The van der Waals surface area contributed by atoms with Gasteiger partial charge in [-0.05, 0) is 24.3 Å². The number of carbonyl (C=O) groups is 1. The average Bonchev–Trinajstić information content (AvgIpc) is 2.67. The first kappa shape index (κ1) is 21.2. The van der Waals surface area contributed by atoms with Crippen LogP contribution in [0, 0.1) is 58.2 Å². The molecular formula is C17H4F10O. The van der Waals surface area contributed by atoms with Crippen molar-refractivity contribution in [3.63, 3.8) is 0 Å².